The molecule has 1 fully saturated rings. The summed E-state index contributed by atoms with van der Waals surface area (Å²) < 4.78 is 11.2. The van der Waals surface area contributed by atoms with E-state index in [2.05, 4.69) is 24.1 Å². The molecular weight excluding hydrogens is 278 g/mol. The van der Waals surface area contributed by atoms with Gasteiger partial charge in [0, 0.05) is 17.8 Å². The molecule has 2 aromatic rings. The van der Waals surface area contributed by atoms with Crippen LogP contribution in [0.15, 0.2) is 36.5 Å². The second-order valence-corrected chi connectivity index (χ2v) is 5.69. The fourth-order valence-corrected chi connectivity index (χ4v) is 2.50. The Balaban J connectivity index is 2.04. The standard InChI is InChI=1S/C17H21N3O2/c1-10(2)20-16-13(17-21-11(3)22-17)9-19-15(14(16)18)12-7-5-4-6-8-12/h4-11,17H,18H2,1-3H3,(H,19,20). The highest BCUT2D eigenvalue weighted by Gasteiger charge is 2.32. The molecule has 3 rings (SSSR count). The molecule has 0 radical (unpaired) electrons. The van der Waals surface area contributed by atoms with Crippen LogP contribution in [0.1, 0.15) is 32.6 Å². The minimum atomic E-state index is -0.407. The zero-order chi connectivity index (χ0) is 15.7. The van der Waals surface area contributed by atoms with Crippen molar-refractivity contribution in [2.24, 2.45) is 0 Å². The van der Waals surface area contributed by atoms with Crippen molar-refractivity contribution in [3.05, 3.63) is 42.1 Å². The number of nitrogen functional groups attached to an aromatic ring is 1. The molecule has 0 spiro atoms. The molecule has 2 heterocycles. The summed E-state index contributed by atoms with van der Waals surface area (Å²) in [6.45, 7) is 6.00. The molecular formula is C17H21N3O2. The van der Waals surface area contributed by atoms with E-state index in [4.69, 9.17) is 15.2 Å². The molecule has 0 saturated carbocycles. The molecule has 0 unspecified atom stereocenters. The van der Waals surface area contributed by atoms with Crippen molar-refractivity contribution in [3.63, 3.8) is 0 Å². The van der Waals surface area contributed by atoms with Crippen molar-refractivity contribution >= 4 is 11.4 Å². The number of anilines is 2. The maximum Gasteiger partial charge on any atom is 0.193 e. The summed E-state index contributed by atoms with van der Waals surface area (Å²) in [6.07, 6.45) is 1.18. The number of ether oxygens (including phenoxy) is 2. The molecule has 1 aliphatic rings. The largest absolute Gasteiger partial charge is 0.395 e. The van der Waals surface area contributed by atoms with Gasteiger partial charge in [-0.25, -0.2) is 0 Å². The molecule has 5 nitrogen and oxygen atoms in total. The van der Waals surface area contributed by atoms with E-state index in [9.17, 15) is 0 Å². The van der Waals surface area contributed by atoms with Crippen LogP contribution in [0, 0.1) is 0 Å². The molecule has 0 atom stereocenters. The van der Waals surface area contributed by atoms with Crippen LogP contribution in [0.4, 0.5) is 11.4 Å². The lowest BCUT2D eigenvalue weighted by Crippen LogP contribution is -2.32. The molecule has 0 aliphatic carbocycles. The SMILES string of the molecule is CC(C)Nc1c(C2OC(C)O2)cnc(-c2ccccc2)c1N. The zero-order valence-electron chi connectivity index (χ0n) is 13.0. The maximum absolute atomic E-state index is 6.38. The van der Waals surface area contributed by atoms with E-state index in [0.29, 0.717) is 5.69 Å². The lowest BCUT2D eigenvalue weighted by molar-refractivity contribution is -0.382. The van der Waals surface area contributed by atoms with Crippen LogP contribution in [0.2, 0.25) is 0 Å². The van der Waals surface area contributed by atoms with Crippen molar-refractivity contribution in [3.8, 4) is 11.3 Å². The Bertz CT molecular complexity index is 652. The highest BCUT2D eigenvalue weighted by atomic mass is 16.9. The predicted octanol–water partition coefficient (Wildman–Crippen LogP) is 3.54. The van der Waals surface area contributed by atoms with E-state index in [1.54, 1.807) is 6.20 Å². The minimum absolute atomic E-state index is 0.188. The first-order chi connectivity index (χ1) is 10.6. The molecule has 1 saturated heterocycles. The van der Waals surface area contributed by atoms with Gasteiger partial charge in [-0.05, 0) is 20.8 Å². The van der Waals surface area contributed by atoms with Crippen LogP contribution in [0.25, 0.3) is 11.3 Å². The number of aromatic nitrogens is 1. The van der Waals surface area contributed by atoms with Crippen molar-refractivity contribution < 1.29 is 9.47 Å². The molecule has 3 N–H and O–H groups in total. The predicted molar refractivity (Wildman–Crippen MR) is 87.2 cm³/mol. The lowest BCUT2D eigenvalue weighted by Gasteiger charge is -2.35. The first-order valence-corrected chi connectivity index (χ1v) is 7.47. The van der Waals surface area contributed by atoms with Gasteiger partial charge in [-0.1, -0.05) is 30.3 Å². The van der Waals surface area contributed by atoms with Crippen molar-refractivity contribution in [1.82, 2.24) is 4.98 Å². The van der Waals surface area contributed by atoms with Crippen molar-refractivity contribution in [1.29, 1.82) is 0 Å². The summed E-state index contributed by atoms with van der Waals surface area (Å²) in [6, 6.07) is 10.1. The number of hydrogen-bond donors (Lipinski definition) is 2. The fourth-order valence-electron chi connectivity index (χ4n) is 2.50. The van der Waals surface area contributed by atoms with E-state index in [1.807, 2.05) is 37.3 Å². The third-order valence-corrected chi connectivity index (χ3v) is 3.51. The first kappa shape index (κ1) is 14.8. The Morgan fingerprint density at radius 1 is 1.18 bits per heavy atom. The van der Waals surface area contributed by atoms with Gasteiger partial charge < -0.3 is 20.5 Å². The van der Waals surface area contributed by atoms with Crippen LogP contribution in [-0.2, 0) is 9.47 Å². The zero-order valence-corrected chi connectivity index (χ0v) is 13.0. The van der Waals surface area contributed by atoms with Crippen LogP contribution in [0.5, 0.6) is 0 Å². The topological polar surface area (TPSA) is 69.4 Å². The summed E-state index contributed by atoms with van der Waals surface area (Å²) in [7, 11) is 0. The summed E-state index contributed by atoms with van der Waals surface area (Å²) in [5.41, 5.74) is 10.4. The quantitative estimate of drug-likeness (QED) is 0.903. The molecule has 0 bridgehead atoms. The van der Waals surface area contributed by atoms with Gasteiger partial charge in [-0.3, -0.25) is 4.98 Å². The highest BCUT2D eigenvalue weighted by Crippen LogP contribution is 2.41. The number of hydrogen-bond acceptors (Lipinski definition) is 5. The Labute approximate surface area is 130 Å². The molecule has 22 heavy (non-hydrogen) atoms. The van der Waals surface area contributed by atoms with Crippen LogP contribution in [-0.4, -0.2) is 17.3 Å². The highest BCUT2D eigenvalue weighted by molar-refractivity contribution is 5.84. The van der Waals surface area contributed by atoms with E-state index in [1.165, 1.54) is 0 Å². The van der Waals surface area contributed by atoms with Crippen LogP contribution in [0.3, 0.4) is 0 Å². The van der Waals surface area contributed by atoms with Gasteiger partial charge >= 0.3 is 0 Å². The normalized spacial score (nSPS) is 20.7. The number of benzene rings is 1. The van der Waals surface area contributed by atoms with Gasteiger partial charge in [0.25, 0.3) is 0 Å². The molecule has 1 aromatic carbocycles. The average molecular weight is 299 g/mol. The Kier molecular flexibility index (Phi) is 4.00. The molecule has 5 heteroatoms. The smallest absolute Gasteiger partial charge is 0.193 e. The average Bonchev–Trinajstić information content (AvgIpc) is 2.47. The van der Waals surface area contributed by atoms with Crippen molar-refractivity contribution in [2.75, 3.05) is 11.1 Å². The fraction of sp³-hybridized carbons (Fsp3) is 0.353. The Morgan fingerprint density at radius 3 is 2.45 bits per heavy atom. The summed E-state index contributed by atoms with van der Waals surface area (Å²) >= 11 is 0. The van der Waals surface area contributed by atoms with Crippen LogP contribution >= 0.6 is 0 Å². The van der Waals surface area contributed by atoms with E-state index >= 15 is 0 Å². The second kappa shape index (κ2) is 5.94. The van der Waals surface area contributed by atoms with Gasteiger partial charge in [-0.15, -0.1) is 0 Å². The van der Waals surface area contributed by atoms with Gasteiger partial charge in [0.1, 0.15) is 0 Å². The molecule has 0 amide bonds. The number of rotatable bonds is 4. The number of pyridine rings is 1. The van der Waals surface area contributed by atoms with E-state index < -0.39 is 6.29 Å². The molecule has 1 aliphatic heterocycles. The number of nitrogens with one attached hydrogen (secondary N) is 1. The monoisotopic (exact) mass is 299 g/mol. The van der Waals surface area contributed by atoms with Gasteiger partial charge in [0.2, 0.25) is 0 Å². The van der Waals surface area contributed by atoms with Gasteiger partial charge in [0.15, 0.2) is 12.6 Å². The summed E-state index contributed by atoms with van der Waals surface area (Å²) in [5.74, 6) is 0. The molecule has 1 aromatic heterocycles. The molecule has 116 valence electrons. The van der Waals surface area contributed by atoms with Gasteiger partial charge in [0.05, 0.1) is 22.6 Å². The third-order valence-electron chi connectivity index (χ3n) is 3.51. The van der Waals surface area contributed by atoms with E-state index in [0.717, 1.165) is 22.5 Å². The Morgan fingerprint density at radius 2 is 1.86 bits per heavy atom. The van der Waals surface area contributed by atoms with Crippen molar-refractivity contribution in [2.45, 2.75) is 39.4 Å². The second-order valence-electron chi connectivity index (χ2n) is 5.69. The van der Waals surface area contributed by atoms with Gasteiger partial charge in [-0.2, -0.15) is 0 Å². The maximum atomic E-state index is 6.38. The summed E-state index contributed by atoms with van der Waals surface area (Å²) in [5, 5.41) is 3.39. The van der Waals surface area contributed by atoms with E-state index in [-0.39, 0.29) is 12.3 Å². The van der Waals surface area contributed by atoms with Crippen LogP contribution < -0.4 is 11.1 Å². The first-order valence-electron chi connectivity index (χ1n) is 7.47. The summed E-state index contributed by atoms with van der Waals surface area (Å²) in [4.78, 5) is 4.52. The third kappa shape index (κ3) is 2.77. The lowest BCUT2D eigenvalue weighted by atomic mass is 10.1. The Hall–Kier alpha value is -2.11. The number of nitrogens with two attached hydrogens (primary N) is 1. The minimum Gasteiger partial charge on any atom is -0.395 e. The number of nitrogens with zero attached hydrogens (tertiary/aromatic N) is 1.